The number of halogens is 2. The zero-order valence-electron chi connectivity index (χ0n) is 10.9. The maximum atomic E-state index is 12.1. The van der Waals surface area contributed by atoms with Crippen LogP contribution in [-0.2, 0) is 4.84 Å². The zero-order valence-corrected chi connectivity index (χ0v) is 10.9. The lowest BCUT2D eigenvalue weighted by Gasteiger charge is -2.08. The second-order valence-electron chi connectivity index (χ2n) is 4.36. The van der Waals surface area contributed by atoms with E-state index in [1.165, 1.54) is 12.1 Å². The van der Waals surface area contributed by atoms with E-state index in [1.54, 1.807) is 12.1 Å². The summed E-state index contributed by atoms with van der Waals surface area (Å²) in [6.07, 6.45) is -0.513. The topological polar surface area (TPSA) is 42.8 Å². The third kappa shape index (κ3) is 3.17. The Morgan fingerprint density at radius 1 is 1.05 bits per heavy atom. The molecule has 0 unspecified atom stereocenters. The van der Waals surface area contributed by atoms with Crippen LogP contribution < -0.4 is 10.2 Å². The largest absolute Gasteiger partial charge is 0.435 e. The molecule has 1 aliphatic heterocycles. The summed E-state index contributed by atoms with van der Waals surface area (Å²) in [5.74, 6) is 0.737. The summed E-state index contributed by atoms with van der Waals surface area (Å²) < 4.78 is 28.5. The monoisotopic (exact) mass is 290 g/mol. The van der Waals surface area contributed by atoms with E-state index < -0.39 is 12.8 Å². The Labute approximate surface area is 120 Å². The number of hydroxylamine groups is 1. The molecule has 108 valence electrons. The average Bonchev–Trinajstić information content (AvgIpc) is 2.98. The number of benzene rings is 2. The van der Waals surface area contributed by atoms with Gasteiger partial charge in [-0.05, 0) is 12.1 Å². The van der Waals surface area contributed by atoms with Crippen LogP contribution in [0.3, 0.4) is 0 Å². The van der Waals surface area contributed by atoms with Crippen molar-refractivity contribution in [3.8, 4) is 5.75 Å². The second kappa shape index (κ2) is 5.88. The lowest BCUT2D eigenvalue weighted by Crippen LogP contribution is -2.17. The summed E-state index contributed by atoms with van der Waals surface area (Å²) in [6.45, 7) is -2.83. The summed E-state index contributed by atoms with van der Waals surface area (Å²) in [7, 11) is 0. The van der Waals surface area contributed by atoms with E-state index in [1.807, 2.05) is 30.3 Å². The average molecular weight is 290 g/mol. The highest BCUT2D eigenvalue weighted by molar-refractivity contribution is 5.98. The van der Waals surface area contributed by atoms with Gasteiger partial charge in [0.25, 0.3) is 0 Å². The fourth-order valence-electron chi connectivity index (χ4n) is 1.97. The minimum absolute atomic E-state index is 0.104. The maximum Gasteiger partial charge on any atom is 0.387 e. The van der Waals surface area contributed by atoms with E-state index in [-0.39, 0.29) is 5.75 Å². The van der Waals surface area contributed by atoms with Crippen molar-refractivity contribution < 1.29 is 18.4 Å². The van der Waals surface area contributed by atoms with Crippen LogP contribution >= 0.6 is 0 Å². The number of hydrogen-bond donors (Lipinski definition) is 1. The fourth-order valence-corrected chi connectivity index (χ4v) is 1.97. The van der Waals surface area contributed by atoms with E-state index >= 15 is 0 Å². The summed E-state index contributed by atoms with van der Waals surface area (Å²) in [5.41, 5.74) is 4.43. The Bertz CT molecular complexity index is 630. The normalized spacial score (nSPS) is 17.5. The van der Waals surface area contributed by atoms with Crippen LogP contribution in [0.15, 0.2) is 59.6 Å². The first-order valence-corrected chi connectivity index (χ1v) is 6.32. The van der Waals surface area contributed by atoms with Crippen molar-refractivity contribution in [1.29, 1.82) is 0 Å². The third-order valence-corrected chi connectivity index (χ3v) is 2.95. The molecule has 0 fully saturated rings. The van der Waals surface area contributed by atoms with Gasteiger partial charge in [-0.1, -0.05) is 42.5 Å². The van der Waals surface area contributed by atoms with Gasteiger partial charge in [-0.25, -0.2) is 15.3 Å². The van der Waals surface area contributed by atoms with Crippen LogP contribution in [-0.4, -0.2) is 12.4 Å². The van der Waals surface area contributed by atoms with E-state index in [4.69, 9.17) is 4.84 Å². The highest BCUT2D eigenvalue weighted by Gasteiger charge is 2.20. The molecule has 0 saturated heterocycles. The van der Waals surface area contributed by atoms with Crippen molar-refractivity contribution in [1.82, 2.24) is 5.48 Å². The van der Waals surface area contributed by atoms with Gasteiger partial charge >= 0.3 is 6.61 Å². The van der Waals surface area contributed by atoms with Gasteiger partial charge < -0.3 is 4.74 Å². The van der Waals surface area contributed by atoms with E-state index in [0.717, 1.165) is 11.1 Å². The molecule has 0 amide bonds. The van der Waals surface area contributed by atoms with Gasteiger partial charge in [0.05, 0.1) is 0 Å². The molecule has 21 heavy (non-hydrogen) atoms. The number of alkyl halides is 2. The number of nitrogens with zero attached hydrogens (tertiary/aromatic N) is 1. The maximum absolute atomic E-state index is 12.1. The molecule has 4 nitrogen and oxygen atoms in total. The number of ether oxygens (including phenoxy) is 1. The van der Waals surface area contributed by atoms with E-state index in [0.29, 0.717) is 5.84 Å². The first-order chi connectivity index (χ1) is 10.2. The molecule has 2 aromatic carbocycles. The molecule has 0 aliphatic carbocycles. The van der Waals surface area contributed by atoms with Gasteiger partial charge in [-0.15, -0.1) is 0 Å². The first kappa shape index (κ1) is 13.5. The SMILES string of the molecule is FC(F)Oc1ccc([C@H]2N=C(c3ccccc3)NO2)cc1. The summed E-state index contributed by atoms with van der Waals surface area (Å²) in [4.78, 5) is 9.80. The smallest absolute Gasteiger partial charge is 0.387 e. The molecule has 1 aliphatic rings. The van der Waals surface area contributed by atoms with Gasteiger partial charge in [-0.2, -0.15) is 8.78 Å². The zero-order chi connectivity index (χ0) is 14.7. The molecule has 2 aromatic rings. The molecule has 1 heterocycles. The quantitative estimate of drug-likeness (QED) is 0.939. The fraction of sp³-hybridized carbons (Fsp3) is 0.133. The van der Waals surface area contributed by atoms with Crippen LogP contribution in [0.1, 0.15) is 17.4 Å². The molecule has 0 spiro atoms. The van der Waals surface area contributed by atoms with Crippen molar-refractivity contribution in [2.45, 2.75) is 12.8 Å². The molecule has 1 atom stereocenters. The number of nitrogens with one attached hydrogen (secondary N) is 1. The minimum Gasteiger partial charge on any atom is -0.435 e. The standard InChI is InChI=1S/C15H12F2N2O2/c16-15(17)20-12-8-6-11(7-9-12)14-18-13(19-21-14)10-4-2-1-3-5-10/h1-9,14-15H,(H,18,19)/t14-/m0/s1. The Balaban J connectivity index is 1.75. The predicted octanol–water partition coefficient (Wildman–Crippen LogP) is 3.27. The van der Waals surface area contributed by atoms with Crippen molar-refractivity contribution >= 4 is 5.84 Å². The molecule has 3 rings (SSSR count). The molecular formula is C15H12F2N2O2. The third-order valence-electron chi connectivity index (χ3n) is 2.95. The van der Waals surface area contributed by atoms with Crippen LogP contribution in [0.2, 0.25) is 0 Å². The van der Waals surface area contributed by atoms with Crippen molar-refractivity contribution in [2.75, 3.05) is 0 Å². The van der Waals surface area contributed by atoms with E-state index in [2.05, 4.69) is 15.2 Å². The molecule has 6 heteroatoms. The van der Waals surface area contributed by atoms with Crippen LogP contribution in [0.5, 0.6) is 5.75 Å². The van der Waals surface area contributed by atoms with E-state index in [9.17, 15) is 8.78 Å². The highest BCUT2D eigenvalue weighted by atomic mass is 19.3. The lowest BCUT2D eigenvalue weighted by molar-refractivity contribution is -0.0498. The first-order valence-electron chi connectivity index (χ1n) is 6.32. The van der Waals surface area contributed by atoms with Crippen LogP contribution in [0.25, 0.3) is 0 Å². The Kier molecular flexibility index (Phi) is 3.79. The highest BCUT2D eigenvalue weighted by Crippen LogP contribution is 2.25. The number of aliphatic imine (C=N–C) groups is 1. The molecule has 0 radical (unpaired) electrons. The molecular weight excluding hydrogens is 278 g/mol. The molecule has 1 N–H and O–H groups in total. The Hall–Kier alpha value is -2.47. The van der Waals surface area contributed by atoms with Gasteiger partial charge in [0, 0.05) is 11.1 Å². The van der Waals surface area contributed by atoms with Gasteiger partial charge in [0.2, 0.25) is 6.23 Å². The van der Waals surface area contributed by atoms with Crippen LogP contribution in [0.4, 0.5) is 8.78 Å². The summed E-state index contributed by atoms with van der Waals surface area (Å²) >= 11 is 0. The summed E-state index contributed by atoms with van der Waals surface area (Å²) in [6, 6.07) is 15.8. The van der Waals surface area contributed by atoms with Crippen molar-refractivity contribution in [2.24, 2.45) is 4.99 Å². The molecule has 0 saturated carbocycles. The van der Waals surface area contributed by atoms with Crippen molar-refractivity contribution in [3.05, 3.63) is 65.7 Å². The lowest BCUT2D eigenvalue weighted by atomic mass is 10.2. The van der Waals surface area contributed by atoms with Gasteiger partial charge in [-0.3, -0.25) is 0 Å². The molecule has 0 aromatic heterocycles. The Morgan fingerprint density at radius 2 is 1.76 bits per heavy atom. The van der Waals surface area contributed by atoms with Crippen molar-refractivity contribution in [3.63, 3.8) is 0 Å². The summed E-state index contributed by atoms with van der Waals surface area (Å²) in [5, 5.41) is 0. The molecule has 0 bridgehead atoms. The number of rotatable bonds is 4. The van der Waals surface area contributed by atoms with Gasteiger partial charge in [0.1, 0.15) is 5.75 Å². The predicted molar refractivity (Wildman–Crippen MR) is 73.0 cm³/mol. The minimum atomic E-state index is -2.83. The van der Waals surface area contributed by atoms with Crippen LogP contribution in [0, 0.1) is 0 Å². The Morgan fingerprint density at radius 3 is 2.43 bits per heavy atom. The number of hydrogen-bond acceptors (Lipinski definition) is 4. The number of amidine groups is 1. The second-order valence-corrected chi connectivity index (χ2v) is 4.36. The van der Waals surface area contributed by atoms with Gasteiger partial charge in [0.15, 0.2) is 5.84 Å².